The Morgan fingerprint density at radius 3 is 1.55 bits per heavy atom. The second-order valence-electron chi connectivity index (χ2n) is 13.1. The first-order chi connectivity index (χ1) is 25.8. The molecule has 0 saturated heterocycles. The van der Waals surface area contributed by atoms with Crippen LogP contribution in [0.1, 0.15) is 155 Å². The Bertz CT molecular complexity index is 1100. The molecule has 0 heterocycles. The maximum absolute atomic E-state index is 12.6. The Morgan fingerprint density at radius 1 is 0.585 bits per heavy atom. The lowest BCUT2D eigenvalue weighted by atomic mass is 10.1. The first kappa shape index (κ1) is 50.5. The number of carbonyl (C=O) groups is 2. The molecule has 0 aliphatic carbocycles. The first-order valence-electron chi connectivity index (χ1n) is 20.4. The molecule has 0 amide bonds. The summed E-state index contributed by atoms with van der Waals surface area (Å²) in [7, 11) is -4.39. The molecule has 0 aromatic heterocycles. The normalized spacial score (nSPS) is 14.1. The lowest BCUT2D eigenvalue weighted by Crippen LogP contribution is -2.29. The molecule has 2 unspecified atom stereocenters. The highest BCUT2D eigenvalue weighted by Crippen LogP contribution is 2.43. The van der Waals surface area contributed by atoms with Crippen molar-refractivity contribution in [3.63, 3.8) is 0 Å². The molecule has 0 bridgehead atoms. The Morgan fingerprint density at radius 2 is 1.04 bits per heavy atom. The molecule has 0 fully saturated rings. The summed E-state index contributed by atoms with van der Waals surface area (Å²) < 4.78 is 32.7. The van der Waals surface area contributed by atoms with Gasteiger partial charge in [-0.15, -0.1) is 0 Å². The summed E-state index contributed by atoms with van der Waals surface area (Å²) in [5.41, 5.74) is 5.34. The van der Waals surface area contributed by atoms with Crippen LogP contribution in [0.25, 0.3) is 0 Å². The van der Waals surface area contributed by atoms with Gasteiger partial charge >= 0.3 is 19.8 Å². The van der Waals surface area contributed by atoms with Gasteiger partial charge < -0.3 is 20.1 Å². The summed E-state index contributed by atoms with van der Waals surface area (Å²) in [5, 5.41) is 0. The van der Waals surface area contributed by atoms with Gasteiger partial charge in [-0.05, 0) is 83.5 Å². The van der Waals surface area contributed by atoms with Gasteiger partial charge in [0.05, 0.1) is 13.2 Å². The van der Waals surface area contributed by atoms with E-state index in [0.29, 0.717) is 12.8 Å². The highest BCUT2D eigenvalue weighted by Gasteiger charge is 2.25. The van der Waals surface area contributed by atoms with Crippen molar-refractivity contribution in [3.05, 3.63) is 72.9 Å². The van der Waals surface area contributed by atoms with E-state index in [2.05, 4.69) is 86.8 Å². The number of nitrogens with two attached hydrogens (primary N) is 1. The van der Waals surface area contributed by atoms with Crippen LogP contribution in [0.3, 0.4) is 0 Å². The largest absolute Gasteiger partial charge is 0.472 e. The standard InChI is InChI=1S/C43H74NO8P/c1-3-5-7-9-11-13-15-17-19-20-22-24-26-28-30-32-34-36-43(46)52-41(40-51-53(47,48)50-38-37-44)39-49-42(45)35-33-31-29-27-25-23-21-18-16-14-12-10-8-6-4-2/h6,8,11-14,17-19,21-22,24,41H,3-5,7,9-10,15-16,20,23,25-40,44H2,1-2H3,(H,47,48). The fourth-order valence-corrected chi connectivity index (χ4v) is 5.83. The van der Waals surface area contributed by atoms with Gasteiger partial charge in [-0.3, -0.25) is 18.6 Å². The Kier molecular flexibility index (Phi) is 37.3. The topological polar surface area (TPSA) is 134 Å². The van der Waals surface area contributed by atoms with E-state index in [9.17, 15) is 19.0 Å². The molecule has 0 saturated carbocycles. The molecule has 0 aliphatic heterocycles. The number of hydrogen-bond donors (Lipinski definition) is 2. The van der Waals surface area contributed by atoms with E-state index in [-0.39, 0.29) is 32.6 Å². The van der Waals surface area contributed by atoms with Gasteiger partial charge in [-0.1, -0.05) is 132 Å². The zero-order valence-corrected chi connectivity index (χ0v) is 34.1. The predicted octanol–water partition coefficient (Wildman–Crippen LogP) is 11.5. The Hall–Kier alpha value is -2.55. The number of ether oxygens (including phenoxy) is 2. The van der Waals surface area contributed by atoms with E-state index in [1.54, 1.807) is 0 Å². The number of phosphoric ester groups is 1. The van der Waals surface area contributed by atoms with Crippen LogP contribution in [0.4, 0.5) is 0 Å². The van der Waals surface area contributed by atoms with Crippen molar-refractivity contribution < 1.29 is 37.6 Å². The van der Waals surface area contributed by atoms with E-state index >= 15 is 0 Å². The van der Waals surface area contributed by atoms with Crippen LogP contribution < -0.4 is 5.73 Å². The molecule has 0 spiro atoms. The number of hydrogen-bond acceptors (Lipinski definition) is 8. The fraction of sp³-hybridized carbons (Fsp3) is 0.674. The van der Waals surface area contributed by atoms with Crippen molar-refractivity contribution in [2.24, 2.45) is 5.73 Å². The van der Waals surface area contributed by atoms with Gasteiger partial charge in [0.2, 0.25) is 0 Å². The average Bonchev–Trinajstić information content (AvgIpc) is 3.14. The first-order valence-corrected chi connectivity index (χ1v) is 21.9. The van der Waals surface area contributed by atoms with E-state index < -0.39 is 32.5 Å². The number of allylic oxidation sites excluding steroid dienone is 12. The van der Waals surface area contributed by atoms with Crippen LogP contribution >= 0.6 is 7.82 Å². The van der Waals surface area contributed by atoms with Crippen molar-refractivity contribution in [2.75, 3.05) is 26.4 Å². The molecule has 10 heteroatoms. The number of carbonyl (C=O) groups excluding carboxylic acids is 2. The molecule has 304 valence electrons. The van der Waals surface area contributed by atoms with Gasteiger partial charge in [0.25, 0.3) is 0 Å². The summed E-state index contributed by atoms with van der Waals surface area (Å²) in [4.78, 5) is 34.8. The molecule has 0 rings (SSSR count). The zero-order chi connectivity index (χ0) is 38.9. The Balaban J connectivity index is 4.28. The maximum Gasteiger partial charge on any atom is 0.472 e. The van der Waals surface area contributed by atoms with Gasteiger partial charge in [-0.2, -0.15) is 0 Å². The number of unbranched alkanes of at least 4 members (excludes halogenated alkanes) is 12. The minimum Gasteiger partial charge on any atom is -0.462 e. The minimum atomic E-state index is -4.39. The van der Waals surface area contributed by atoms with Gasteiger partial charge in [0.15, 0.2) is 6.10 Å². The second kappa shape index (κ2) is 39.2. The molecule has 3 N–H and O–H groups in total. The van der Waals surface area contributed by atoms with Crippen molar-refractivity contribution in [1.82, 2.24) is 0 Å². The van der Waals surface area contributed by atoms with Crippen molar-refractivity contribution in [3.8, 4) is 0 Å². The van der Waals surface area contributed by atoms with Crippen LogP contribution in [0.2, 0.25) is 0 Å². The van der Waals surface area contributed by atoms with Gasteiger partial charge in [-0.25, -0.2) is 4.57 Å². The lowest BCUT2D eigenvalue weighted by molar-refractivity contribution is -0.161. The molecular weight excluding hydrogens is 689 g/mol. The maximum atomic E-state index is 12.6. The van der Waals surface area contributed by atoms with Crippen LogP contribution in [-0.4, -0.2) is 49.3 Å². The number of esters is 2. The van der Waals surface area contributed by atoms with Crippen LogP contribution in [0.15, 0.2) is 72.9 Å². The summed E-state index contributed by atoms with van der Waals surface area (Å²) in [6.07, 6.45) is 46.4. The van der Waals surface area contributed by atoms with Gasteiger partial charge in [0.1, 0.15) is 6.61 Å². The molecule has 0 aromatic carbocycles. The van der Waals surface area contributed by atoms with E-state index in [4.69, 9.17) is 24.3 Å². The van der Waals surface area contributed by atoms with Crippen molar-refractivity contribution in [2.45, 2.75) is 161 Å². The molecule has 0 radical (unpaired) electrons. The van der Waals surface area contributed by atoms with Gasteiger partial charge in [0, 0.05) is 19.4 Å². The minimum absolute atomic E-state index is 0.0431. The lowest BCUT2D eigenvalue weighted by Gasteiger charge is -2.19. The van der Waals surface area contributed by atoms with Crippen LogP contribution in [-0.2, 0) is 32.7 Å². The zero-order valence-electron chi connectivity index (χ0n) is 33.2. The molecule has 53 heavy (non-hydrogen) atoms. The quantitative estimate of drug-likeness (QED) is 0.0274. The van der Waals surface area contributed by atoms with Crippen LogP contribution in [0.5, 0.6) is 0 Å². The molecular formula is C43H74NO8P. The van der Waals surface area contributed by atoms with E-state index in [1.807, 2.05) is 0 Å². The smallest absolute Gasteiger partial charge is 0.462 e. The second-order valence-corrected chi connectivity index (χ2v) is 14.6. The highest BCUT2D eigenvalue weighted by molar-refractivity contribution is 7.47. The third kappa shape index (κ3) is 39.0. The fourth-order valence-electron chi connectivity index (χ4n) is 5.07. The molecule has 2 atom stereocenters. The molecule has 9 nitrogen and oxygen atoms in total. The van der Waals surface area contributed by atoms with E-state index in [1.165, 1.54) is 25.7 Å². The molecule has 0 aliphatic rings. The Labute approximate surface area is 322 Å². The van der Waals surface area contributed by atoms with E-state index in [0.717, 1.165) is 89.9 Å². The SMILES string of the molecule is CCC=CCC=CCC=CCCCCCCCC(=O)OCC(COP(=O)(O)OCCN)OC(=O)CCCCCCC=CCC=CCC=CCCCCC. The monoisotopic (exact) mass is 764 g/mol. The summed E-state index contributed by atoms with van der Waals surface area (Å²) in [6, 6.07) is 0. The van der Waals surface area contributed by atoms with Crippen molar-refractivity contribution in [1.29, 1.82) is 0 Å². The number of phosphoric acid groups is 1. The average molecular weight is 764 g/mol. The van der Waals surface area contributed by atoms with Crippen LogP contribution in [0, 0.1) is 0 Å². The molecule has 0 aromatic rings. The van der Waals surface area contributed by atoms with Crippen molar-refractivity contribution >= 4 is 19.8 Å². The third-order valence-corrected chi connectivity index (χ3v) is 9.06. The summed E-state index contributed by atoms with van der Waals surface area (Å²) in [5.74, 6) is -0.881. The third-order valence-electron chi connectivity index (χ3n) is 8.08. The number of rotatable bonds is 37. The highest BCUT2D eigenvalue weighted by atomic mass is 31.2. The summed E-state index contributed by atoms with van der Waals surface area (Å²) >= 11 is 0. The predicted molar refractivity (Wildman–Crippen MR) is 219 cm³/mol. The summed E-state index contributed by atoms with van der Waals surface area (Å²) in [6.45, 7) is 3.52.